The molecule has 0 saturated heterocycles. The Balaban J connectivity index is 2.78. The van der Waals surface area contributed by atoms with Crippen molar-refractivity contribution in [2.45, 2.75) is 13.3 Å². The number of hydrogen-bond acceptors (Lipinski definition) is 4. The molecule has 5 heteroatoms. The highest BCUT2D eigenvalue weighted by Crippen LogP contribution is 2.18. The molecule has 100 valence electrons. The fourth-order valence-electron chi connectivity index (χ4n) is 1.87. The molecule has 0 unspecified atom stereocenters. The third kappa shape index (κ3) is 4.23. The Bertz CT molecular complexity index is 392. The molecule has 0 aliphatic carbocycles. The first kappa shape index (κ1) is 14.9. The van der Waals surface area contributed by atoms with Gasteiger partial charge in [0.25, 0.3) is 0 Å². The Morgan fingerprint density at radius 1 is 1.39 bits per heavy atom. The van der Waals surface area contributed by atoms with Gasteiger partial charge in [-0.2, -0.15) is 0 Å². The monoisotopic (exact) mass is 266 g/mol. The predicted molar refractivity (Wildman–Crippen MR) is 81.2 cm³/mol. The normalized spacial score (nSPS) is 10.7. The standard InChI is InChI=1S/C13H22N4S/c1-4-17(10-6-9-16(2)3)11-7-5-8-15-12(11)13(14)18/h5,7-8H,4,6,9-10H2,1-3H3,(H2,14,18). The van der Waals surface area contributed by atoms with E-state index in [0.29, 0.717) is 4.99 Å². The van der Waals surface area contributed by atoms with Crippen LogP contribution in [0, 0.1) is 0 Å². The van der Waals surface area contributed by atoms with E-state index in [1.807, 2.05) is 12.1 Å². The van der Waals surface area contributed by atoms with Gasteiger partial charge in [-0.05, 0) is 46.1 Å². The lowest BCUT2D eigenvalue weighted by atomic mass is 10.2. The smallest absolute Gasteiger partial charge is 0.124 e. The molecule has 0 aliphatic rings. The molecule has 0 aliphatic heterocycles. The molecule has 0 spiro atoms. The van der Waals surface area contributed by atoms with E-state index >= 15 is 0 Å². The van der Waals surface area contributed by atoms with Gasteiger partial charge in [0.1, 0.15) is 10.7 Å². The van der Waals surface area contributed by atoms with Crippen molar-refractivity contribution in [3.63, 3.8) is 0 Å². The minimum atomic E-state index is 0.358. The van der Waals surface area contributed by atoms with Crippen molar-refractivity contribution in [2.75, 3.05) is 38.6 Å². The van der Waals surface area contributed by atoms with Gasteiger partial charge in [0.15, 0.2) is 0 Å². The quantitative estimate of drug-likeness (QED) is 0.758. The van der Waals surface area contributed by atoms with Crippen molar-refractivity contribution in [1.82, 2.24) is 9.88 Å². The van der Waals surface area contributed by atoms with Gasteiger partial charge in [-0.15, -0.1) is 0 Å². The van der Waals surface area contributed by atoms with E-state index in [9.17, 15) is 0 Å². The Labute approximate surface area is 115 Å². The van der Waals surface area contributed by atoms with Crippen LogP contribution in [0.5, 0.6) is 0 Å². The summed E-state index contributed by atoms with van der Waals surface area (Å²) in [6.07, 6.45) is 2.83. The summed E-state index contributed by atoms with van der Waals surface area (Å²) < 4.78 is 0. The first-order chi connectivity index (χ1) is 8.56. The largest absolute Gasteiger partial charge is 0.388 e. The Kier molecular flexibility index (Phi) is 6.01. The lowest BCUT2D eigenvalue weighted by molar-refractivity contribution is 0.400. The minimum absolute atomic E-state index is 0.358. The van der Waals surface area contributed by atoms with Crippen LogP contribution in [0.1, 0.15) is 19.0 Å². The number of hydrogen-bond donors (Lipinski definition) is 1. The van der Waals surface area contributed by atoms with Gasteiger partial charge in [-0.3, -0.25) is 4.98 Å². The summed E-state index contributed by atoms with van der Waals surface area (Å²) in [4.78, 5) is 9.08. The average molecular weight is 266 g/mol. The molecule has 1 aromatic heterocycles. The molecule has 0 atom stereocenters. The van der Waals surface area contributed by atoms with E-state index in [2.05, 4.69) is 35.8 Å². The summed E-state index contributed by atoms with van der Waals surface area (Å²) in [5.41, 5.74) is 7.47. The van der Waals surface area contributed by atoms with Crippen LogP contribution in [-0.4, -0.2) is 48.6 Å². The third-order valence-corrected chi connectivity index (χ3v) is 2.97. The van der Waals surface area contributed by atoms with Gasteiger partial charge in [-0.1, -0.05) is 12.2 Å². The van der Waals surface area contributed by atoms with Crippen LogP contribution in [-0.2, 0) is 0 Å². The van der Waals surface area contributed by atoms with Crippen LogP contribution in [0.25, 0.3) is 0 Å². The van der Waals surface area contributed by atoms with E-state index in [4.69, 9.17) is 18.0 Å². The van der Waals surface area contributed by atoms with Crippen molar-refractivity contribution in [3.8, 4) is 0 Å². The SMILES string of the molecule is CCN(CCCN(C)C)c1cccnc1C(N)=S. The summed E-state index contributed by atoms with van der Waals surface area (Å²) in [7, 11) is 4.17. The van der Waals surface area contributed by atoms with Crippen molar-refractivity contribution in [2.24, 2.45) is 5.73 Å². The molecule has 1 aromatic rings. The number of thiocarbonyl (C=S) groups is 1. The zero-order valence-electron chi connectivity index (χ0n) is 11.4. The van der Waals surface area contributed by atoms with Crippen molar-refractivity contribution < 1.29 is 0 Å². The molecule has 18 heavy (non-hydrogen) atoms. The molecule has 1 rings (SSSR count). The highest BCUT2D eigenvalue weighted by Gasteiger charge is 2.12. The fraction of sp³-hybridized carbons (Fsp3) is 0.538. The van der Waals surface area contributed by atoms with E-state index in [1.165, 1.54) is 0 Å². The van der Waals surface area contributed by atoms with Gasteiger partial charge in [0, 0.05) is 19.3 Å². The van der Waals surface area contributed by atoms with E-state index in [1.54, 1.807) is 6.20 Å². The van der Waals surface area contributed by atoms with E-state index in [-0.39, 0.29) is 0 Å². The van der Waals surface area contributed by atoms with Gasteiger partial charge in [0.05, 0.1) is 5.69 Å². The van der Waals surface area contributed by atoms with Crippen LogP contribution in [0.15, 0.2) is 18.3 Å². The number of nitrogens with zero attached hydrogens (tertiary/aromatic N) is 3. The highest BCUT2D eigenvalue weighted by molar-refractivity contribution is 7.80. The zero-order valence-corrected chi connectivity index (χ0v) is 12.2. The summed E-state index contributed by atoms with van der Waals surface area (Å²) >= 11 is 5.05. The second-order valence-corrected chi connectivity index (χ2v) is 4.91. The summed E-state index contributed by atoms with van der Waals surface area (Å²) in [6, 6.07) is 3.95. The van der Waals surface area contributed by atoms with E-state index in [0.717, 1.165) is 37.4 Å². The number of rotatable bonds is 7. The van der Waals surface area contributed by atoms with Crippen molar-refractivity contribution >= 4 is 22.9 Å². The maximum absolute atomic E-state index is 5.72. The molecule has 0 bridgehead atoms. The summed E-state index contributed by atoms with van der Waals surface area (Å²) in [6.45, 7) is 5.11. The Hall–Kier alpha value is -1.20. The number of nitrogens with two attached hydrogens (primary N) is 1. The van der Waals surface area contributed by atoms with Crippen LogP contribution in [0.3, 0.4) is 0 Å². The van der Waals surface area contributed by atoms with Crippen molar-refractivity contribution in [3.05, 3.63) is 24.0 Å². The Morgan fingerprint density at radius 3 is 2.67 bits per heavy atom. The van der Waals surface area contributed by atoms with Crippen molar-refractivity contribution in [1.29, 1.82) is 0 Å². The number of pyridine rings is 1. The zero-order chi connectivity index (χ0) is 13.5. The minimum Gasteiger partial charge on any atom is -0.388 e. The fourth-order valence-corrected chi connectivity index (χ4v) is 2.03. The molecule has 0 amide bonds. The third-order valence-electron chi connectivity index (χ3n) is 2.78. The van der Waals surface area contributed by atoms with Crippen LogP contribution in [0.2, 0.25) is 0 Å². The second-order valence-electron chi connectivity index (χ2n) is 4.47. The van der Waals surface area contributed by atoms with E-state index < -0.39 is 0 Å². The number of anilines is 1. The maximum Gasteiger partial charge on any atom is 0.124 e. The average Bonchev–Trinajstić information content (AvgIpc) is 2.34. The molecule has 1 heterocycles. The Morgan fingerprint density at radius 2 is 2.11 bits per heavy atom. The van der Waals surface area contributed by atoms with Crippen LogP contribution >= 0.6 is 12.2 Å². The summed E-state index contributed by atoms with van der Waals surface area (Å²) in [5, 5.41) is 0. The maximum atomic E-state index is 5.72. The molecule has 0 fully saturated rings. The second kappa shape index (κ2) is 7.28. The molecule has 0 aromatic carbocycles. The summed E-state index contributed by atoms with van der Waals surface area (Å²) in [5.74, 6) is 0. The first-order valence-corrected chi connectivity index (χ1v) is 6.61. The molecule has 0 saturated carbocycles. The topological polar surface area (TPSA) is 45.4 Å². The molecule has 4 nitrogen and oxygen atoms in total. The van der Waals surface area contributed by atoms with Crippen LogP contribution in [0.4, 0.5) is 5.69 Å². The highest BCUT2D eigenvalue weighted by atomic mass is 32.1. The van der Waals surface area contributed by atoms with Gasteiger partial charge in [0.2, 0.25) is 0 Å². The lowest BCUT2D eigenvalue weighted by Crippen LogP contribution is -2.29. The van der Waals surface area contributed by atoms with Crippen LogP contribution < -0.4 is 10.6 Å². The van der Waals surface area contributed by atoms with Gasteiger partial charge >= 0.3 is 0 Å². The number of aromatic nitrogens is 1. The first-order valence-electron chi connectivity index (χ1n) is 6.20. The van der Waals surface area contributed by atoms with Gasteiger partial charge in [-0.25, -0.2) is 0 Å². The molecular formula is C13H22N4S. The molecule has 0 radical (unpaired) electrons. The van der Waals surface area contributed by atoms with Gasteiger partial charge < -0.3 is 15.5 Å². The molecule has 2 N–H and O–H groups in total. The molecular weight excluding hydrogens is 244 g/mol. The lowest BCUT2D eigenvalue weighted by Gasteiger charge is -2.25. The predicted octanol–water partition coefficient (Wildman–Crippen LogP) is 1.49.